The van der Waals surface area contributed by atoms with E-state index in [1.807, 2.05) is 0 Å². The summed E-state index contributed by atoms with van der Waals surface area (Å²) < 4.78 is 32.8. The minimum atomic E-state index is -0.737. The van der Waals surface area contributed by atoms with E-state index in [1.54, 1.807) is 0 Å². The lowest BCUT2D eigenvalue weighted by Crippen LogP contribution is -2.35. The van der Waals surface area contributed by atoms with Crippen LogP contribution in [0.25, 0.3) is 11.3 Å². The van der Waals surface area contributed by atoms with Gasteiger partial charge in [-0.05, 0) is 25.0 Å². The Bertz CT molecular complexity index is 782. The summed E-state index contributed by atoms with van der Waals surface area (Å²) in [5.41, 5.74) is -0.276. The van der Waals surface area contributed by atoms with Crippen molar-refractivity contribution >= 4 is 11.8 Å². The number of aromatic nitrogens is 1. The zero-order chi connectivity index (χ0) is 18.5. The van der Waals surface area contributed by atoms with Crippen LogP contribution in [0.3, 0.4) is 0 Å². The zero-order valence-corrected chi connectivity index (χ0v) is 14.1. The van der Waals surface area contributed by atoms with Crippen LogP contribution in [0.1, 0.15) is 25.2 Å². The summed E-state index contributed by atoms with van der Waals surface area (Å²) in [5.74, 6) is -1.31. The summed E-state index contributed by atoms with van der Waals surface area (Å²) in [4.78, 5) is 27.2. The first-order valence-corrected chi connectivity index (χ1v) is 8.48. The van der Waals surface area contributed by atoms with Crippen molar-refractivity contribution in [2.75, 3.05) is 13.1 Å². The van der Waals surface area contributed by atoms with E-state index in [1.165, 1.54) is 12.3 Å². The molecule has 0 saturated heterocycles. The van der Waals surface area contributed by atoms with Crippen LogP contribution < -0.4 is 10.6 Å². The fourth-order valence-corrected chi connectivity index (χ4v) is 2.46. The molecule has 1 aromatic carbocycles. The highest BCUT2D eigenvalue weighted by Crippen LogP contribution is 2.28. The first-order valence-electron chi connectivity index (χ1n) is 8.48. The number of nitrogens with zero attached hydrogens (tertiary/aromatic N) is 1. The Hall–Kier alpha value is -2.77. The lowest BCUT2D eigenvalue weighted by atomic mass is 10.1. The Morgan fingerprint density at radius 3 is 2.54 bits per heavy atom. The molecule has 1 saturated carbocycles. The summed E-state index contributed by atoms with van der Waals surface area (Å²) in [7, 11) is 0. The fourth-order valence-electron chi connectivity index (χ4n) is 2.46. The van der Waals surface area contributed by atoms with E-state index in [0.29, 0.717) is 13.1 Å². The quantitative estimate of drug-likeness (QED) is 0.704. The van der Waals surface area contributed by atoms with Gasteiger partial charge in [0, 0.05) is 31.8 Å². The lowest BCUT2D eigenvalue weighted by Gasteiger charge is -2.06. The number of hydrogen-bond donors (Lipinski definition) is 2. The maximum atomic E-state index is 13.7. The highest BCUT2D eigenvalue weighted by atomic mass is 19.1. The Balaban J connectivity index is 1.43. The lowest BCUT2D eigenvalue weighted by molar-refractivity contribution is -0.123. The van der Waals surface area contributed by atoms with E-state index in [9.17, 15) is 18.4 Å². The number of carbonyl (C=O) groups excluding carboxylic acids is 2. The van der Waals surface area contributed by atoms with Gasteiger partial charge in [0.25, 0.3) is 0 Å². The molecule has 1 fully saturated rings. The van der Waals surface area contributed by atoms with Crippen molar-refractivity contribution in [3.05, 3.63) is 41.9 Å². The number of oxazole rings is 1. The highest BCUT2D eigenvalue weighted by Gasteiger charge is 2.29. The molecule has 3 rings (SSSR count). The molecule has 2 amide bonds. The van der Waals surface area contributed by atoms with Crippen LogP contribution in [0.5, 0.6) is 0 Å². The topological polar surface area (TPSA) is 84.2 Å². The van der Waals surface area contributed by atoms with Gasteiger partial charge in [0.1, 0.15) is 11.6 Å². The Morgan fingerprint density at radius 1 is 1.15 bits per heavy atom. The van der Waals surface area contributed by atoms with Crippen LogP contribution >= 0.6 is 0 Å². The summed E-state index contributed by atoms with van der Waals surface area (Å²) in [5, 5.41) is 5.43. The number of hydrogen-bond acceptors (Lipinski definition) is 4. The first kappa shape index (κ1) is 18.0. The van der Waals surface area contributed by atoms with Crippen molar-refractivity contribution in [3.63, 3.8) is 0 Å². The number of rotatable bonds is 8. The molecule has 6 nitrogen and oxygen atoms in total. The number of aryl methyl sites for hydroxylation is 1. The molecule has 0 bridgehead atoms. The number of carbonyl (C=O) groups is 2. The summed E-state index contributed by atoms with van der Waals surface area (Å²) in [6.07, 6.45) is 3.44. The molecular formula is C18H19F2N3O3. The molecule has 0 spiro atoms. The SMILES string of the molecule is O=C(CCc1ncc(-c2c(F)cccc2F)o1)NCCNC(=O)C1CC1. The number of amides is 2. The van der Waals surface area contributed by atoms with E-state index in [4.69, 9.17) is 4.42 Å². The Kier molecular flexibility index (Phi) is 5.60. The van der Waals surface area contributed by atoms with Crippen LogP contribution in [0.15, 0.2) is 28.8 Å². The van der Waals surface area contributed by atoms with Gasteiger partial charge in [-0.3, -0.25) is 9.59 Å². The molecule has 0 atom stereocenters. The average Bonchev–Trinajstić information content (AvgIpc) is 3.36. The van der Waals surface area contributed by atoms with Gasteiger partial charge >= 0.3 is 0 Å². The van der Waals surface area contributed by atoms with E-state index in [0.717, 1.165) is 25.0 Å². The third-order valence-corrected chi connectivity index (χ3v) is 4.02. The monoisotopic (exact) mass is 363 g/mol. The largest absolute Gasteiger partial charge is 0.441 e. The molecule has 8 heteroatoms. The molecule has 0 unspecified atom stereocenters. The molecule has 2 aromatic rings. The minimum absolute atomic E-state index is 0.0150. The minimum Gasteiger partial charge on any atom is -0.441 e. The van der Waals surface area contributed by atoms with Gasteiger partial charge in [0.05, 0.1) is 11.8 Å². The van der Waals surface area contributed by atoms with Gasteiger partial charge < -0.3 is 15.1 Å². The second-order valence-electron chi connectivity index (χ2n) is 6.13. The van der Waals surface area contributed by atoms with Gasteiger partial charge in [0.2, 0.25) is 11.8 Å². The van der Waals surface area contributed by atoms with Crippen molar-refractivity contribution in [2.24, 2.45) is 5.92 Å². The Morgan fingerprint density at radius 2 is 1.85 bits per heavy atom. The molecule has 26 heavy (non-hydrogen) atoms. The smallest absolute Gasteiger partial charge is 0.223 e. The Labute approximate surface area is 149 Å². The normalized spacial score (nSPS) is 13.5. The zero-order valence-electron chi connectivity index (χ0n) is 14.1. The van der Waals surface area contributed by atoms with Crippen LogP contribution in [0, 0.1) is 17.6 Å². The molecule has 1 aliphatic rings. The third kappa shape index (κ3) is 4.65. The number of benzene rings is 1. The predicted octanol–water partition coefficient (Wildman–Crippen LogP) is 2.19. The van der Waals surface area contributed by atoms with E-state index >= 15 is 0 Å². The fraction of sp³-hybridized carbons (Fsp3) is 0.389. The number of nitrogens with one attached hydrogen (secondary N) is 2. The van der Waals surface area contributed by atoms with Gasteiger partial charge in [-0.15, -0.1) is 0 Å². The van der Waals surface area contributed by atoms with Crippen LogP contribution in [0.2, 0.25) is 0 Å². The highest BCUT2D eigenvalue weighted by molar-refractivity contribution is 5.81. The van der Waals surface area contributed by atoms with Gasteiger partial charge in [-0.2, -0.15) is 0 Å². The maximum absolute atomic E-state index is 13.7. The summed E-state index contributed by atoms with van der Waals surface area (Å²) >= 11 is 0. The molecule has 1 aromatic heterocycles. The van der Waals surface area contributed by atoms with E-state index < -0.39 is 11.6 Å². The van der Waals surface area contributed by atoms with Crippen molar-refractivity contribution < 1.29 is 22.8 Å². The van der Waals surface area contributed by atoms with E-state index in [-0.39, 0.29) is 47.8 Å². The predicted molar refractivity (Wildman–Crippen MR) is 88.9 cm³/mol. The molecule has 1 aliphatic carbocycles. The standard InChI is InChI=1S/C18H19F2N3O3/c19-12-2-1-3-13(20)17(12)14-10-23-16(26-14)7-6-15(24)21-8-9-22-18(25)11-4-5-11/h1-3,10-11H,4-9H2,(H,21,24)(H,22,25). The second-order valence-corrected chi connectivity index (χ2v) is 6.13. The summed E-state index contributed by atoms with van der Waals surface area (Å²) in [6, 6.07) is 3.54. The molecule has 1 heterocycles. The van der Waals surface area contributed by atoms with Gasteiger partial charge in [-0.1, -0.05) is 6.07 Å². The number of halogens is 2. The van der Waals surface area contributed by atoms with Gasteiger partial charge in [0.15, 0.2) is 11.7 Å². The molecule has 0 aliphatic heterocycles. The molecule has 138 valence electrons. The average molecular weight is 363 g/mol. The summed E-state index contributed by atoms with van der Waals surface area (Å²) in [6.45, 7) is 0.728. The molecule has 0 radical (unpaired) electrons. The van der Waals surface area contributed by atoms with Crippen molar-refractivity contribution in [2.45, 2.75) is 25.7 Å². The molecule has 2 N–H and O–H groups in total. The van der Waals surface area contributed by atoms with Crippen molar-refractivity contribution in [1.29, 1.82) is 0 Å². The molecular weight excluding hydrogens is 344 g/mol. The third-order valence-electron chi connectivity index (χ3n) is 4.02. The van der Waals surface area contributed by atoms with Crippen LogP contribution in [0.4, 0.5) is 8.78 Å². The second kappa shape index (κ2) is 8.07. The maximum Gasteiger partial charge on any atom is 0.223 e. The van der Waals surface area contributed by atoms with Crippen LogP contribution in [-0.2, 0) is 16.0 Å². The van der Waals surface area contributed by atoms with Crippen molar-refractivity contribution in [1.82, 2.24) is 15.6 Å². The van der Waals surface area contributed by atoms with E-state index in [2.05, 4.69) is 15.6 Å². The van der Waals surface area contributed by atoms with Gasteiger partial charge in [-0.25, -0.2) is 13.8 Å². The first-order chi connectivity index (χ1) is 12.5. The van der Waals surface area contributed by atoms with Crippen molar-refractivity contribution in [3.8, 4) is 11.3 Å². The van der Waals surface area contributed by atoms with Crippen LogP contribution in [-0.4, -0.2) is 29.9 Å².